The van der Waals surface area contributed by atoms with Crippen LogP contribution in [0.15, 0.2) is 23.8 Å². The van der Waals surface area contributed by atoms with E-state index in [0.29, 0.717) is 0 Å². The van der Waals surface area contributed by atoms with Crippen LogP contribution in [0.2, 0.25) is 0 Å². The second-order valence-electron chi connectivity index (χ2n) is 14.9. The van der Waals surface area contributed by atoms with E-state index in [1.54, 1.807) is 6.92 Å². The summed E-state index contributed by atoms with van der Waals surface area (Å²) < 4.78 is 41.4. The van der Waals surface area contributed by atoms with Crippen LogP contribution >= 0.6 is 0 Å². The average molecular weight is 707 g/mol. The number of hydrogen-bond donors (Lipinski definition) is 1. The molecule has 0 amide bonds. The minimum atomic E-state index is -2.31. The van der Waals surface area contributed by atoms with Gasteiger partial charge in [-0.3, -0.25) is 28.8 Å². The number of ether oxygens (including phenoxy) is 7. The Bertz CT molecular complexity index is 1430. The Morgan fingerprint density at radius 1 is 0.900 bits per heavy atom. The van der Waals surface area contributed by atoms with Crippen LogP contribution in [0.1, 0.15) is 81.6 Å². The Hall–Kier alpha value is -3.78. The maximum atomic E-state index is 13.5. The summed E-state index contributed by atoms with van der Waals surface area (Å²) in [5, 5.41) is 12.9. The summed E-state index contributed by atoms with van der Waals surface area (Å²) in [7, 11) is 0. The van der Waals surface area contributed by atoms with E-state index in [2.05, 4.69) is 0 Å². The maximum absolute atomic E-state index is 13.5. The minimum Gasteiger partial charge on any atom is -0.461 e. The molecule has 0 aromatic rings. The highest BCUT2D eigenvalue weighted by molar-refractivity contribution is 5.78. The molecule has 2 heterocycles. The van der Waals surface area contributed by atoms with Gasteiger partial charge in [0, 0.05) is 46.0 Å². The van der Waals surface area contributed by atoms with Crippen LogP contribution in [0.3, 0.4) is 0 Å². The van der Waals surface area contributed by atoms with Crippen molar-refractivity contribution in [1.29, 1.82) is 0 Å². The molecule has 1 unspecified atom stereocenters. The molecule has 0 aromatic heterocycles. The molecule has 4 rings (SSSR count). The third-order valence-corrected chi connectivity index (χ3v) is 10.0. The van der Waals surface area contributed by atoms with E-state index in [1.807, 2.05) is 27.7 Å². The predicted molar refractivity (Wildman–Crippen MR) is 173 cm³/mol. The highest BCUT2D eigenvalue weighted by Crippen LogP contribution is 2.62. The summed E-state index contributed by atoms with van der Waals surface area (Å²) in [5.41, 5.74) is -5.09. The number of hydrogen-bond acceptors (Lipinski definition) is 14. The van der Waals surface area contributed by atoms with Gasteiger partial charge in [-0.2, -0.15) is 0 Å². The minimum absolute atomic E-state index is 0.0266. The molecule has 2 aliphatic heterocycles. The molecule has 1 N–H and O–H groups in total. The number of epoxide rings is 1. The zero-order valence-electron chi connectivity index (χ0n) is 30.2. The summed E-state index contributed by atoms with van der Waals surface area (Å²) >= 11 is 0. The first-order chi connectivity index (χ1) is 23.2. The lowest BCUT2D eigenvalue weighted by Crippen LogP contribution is -2.72. The molecule has 0 aromatic carbocycles. The molecule has 14 heteroatoms. The molecule has 1 spiro atoms. The van der Waals surface area contributed by atoms with Crippen molar-refractivity contribution in [2.75, 3.05) is 13.2 Å². The van der Waals surface area contributed by atoms with Gasteiger partial charge >= 0.3 is 35.8 Å². The Morgan fingerprint density at radius 3 is 1.96 bits per heavy atom. The van der Waals surface area contributed by atoms with Gasteiger partial charge in [-0.1, -0.05) is 40.7 Å². The van der Waals surface area contributed by atoms with Crippen molar-refractivity contribution in [3.63, 3.8) is 0 Å². The summed E-state index contributed by atoms with van der Waals surface area (Å²) in [5.74, 6) is -6.78. The Morgan fingerprint density at radius 2 is 1.46 bits per heavy atom. The van der Waals surface area contributed by atoms with Crippen LogP contribution in [0, 0.1) is 29.1 Å². The maximum Gasteiger partial charge on any atom is 0.312 e. The van der Waals surface area contributed by atoms with Crippen LogP contribution in [-0.2, 0) is 61.9 Å². The fraction of sp³-hybridized carbons (Fsp3) is 0.722. The van der Waals surface area contributed by atoms with E-state index < -0.39 is 94.8 Å². The third kappa shape index (κ3) is 7.75. The van der Waals surface area contributed by atoms with Gasteiger partial charge in [0.1, 0.15) is 36.6 Å². The smallest absolute Gasteiger partial charge is 0.312 e. The number of rotatable bonds is 10. The molecule has 2 saturated heterocycles. The number of carbonyl (C=O) groups is 6. The quantitative estimate of drug-likeness (QED) is 0.198. The average Bonchev–Trinajstić information content (AvgIpc) is 3.73. The van der Waals surface area contributed by atoms with Crippen molar-refractivity contribution < 1.29 is 67.0 Å². The number of esters is 6. The Labute approximate surface area is 292 Å². The molecule has 2 aliphatic carbocycles. The second kappa shape index (κ2) is 14.8. The van der Waals surface area contributed by atoms with Crippen molar-refractivity contribution in [2.24, 2.45) is 29.1 Å². The molecule has 0 bridgehead atoms. The summed E-state index contributed by atoms with van der Waals surface area (Å²) in [6.45, 7) is 13.6. The third-order valence-electron chi connectivity index (χ3n) is 10.0. The molecular formula is C36H50O14. The zero-order valence-corrected chi connectivity index (χ0v) is 30.2. The molecular weight excluding hydrogens is 656 g/mol. The summed E-state index contributed by atoms with van der Waals surface area (Å²) in [6.07, 6.45) is -2.22. The van der Waals surface area contributed by atoms with Gasteiger partial charge in [0.25, 0.3) is 0 Å². The van der Waals surface area contributed by atoms with Crippen LogP contribution in [0.25, 0.3) is 0 Å². The largest absolute Gasteiger partial charge is 0.461 e. The van der Waals surface area contributed by atoms with Crippen LogP contribution in [0.5, 0.6) is 0 Å². The van der Waals surface area contributed by atoms with Gasteiger partial charge < -0.3 is 38.3 Å². The van der Waals surface area contributed by atoms with Gasteiger partial charge in [0.05, 0.1) is 17.9 Å². The molecule has 4 aliphatic rings. The first-order valence-electron chi connectivity index (χ1n) is 17.1. The van der Waals surface area contributed by atoms with Crippen molar-refractivity contribution in [2.45, 2.75) is 123 Å². The van der Waals surface area contributed by atoms with E-state index in [1.165, 1.54) is 39.0 Å². The zero-order chi connectivity index (χ0) is 37.3. The monoisotopic (exact) mass is 706 g/mol. The summed E-state index contributed by atoms with van der Waals surface area (Å²) in [4.78, 5) is 77.6. The molecule has 3 fully saturated rings. The lowest BCUT2D eigenvalue weighted by Gasteiger charge is -2.57. The second-order valence-corrected chi connectivity index (χ2v) is 14.9. The normalized spacial score (nSPS) is 37.7. The standard InChI is InChI=1S/C36H50O14/c1-18(2)12-29(40)48-26-15-27(49-30(41)13-19(3)4)35(17-45-35)31-32(47-23(8)39)36(43)20(5)33(42)50-28(36)14-24(16-44-21(6)37)10-11-25(34(26,31)9)46-22(7)38/h10-11,14,18-20,25-28,31-32,43H,12-13,15-17H2,1-9H3/b11-10+,24-14+/t20-,25-,26-,27+,28+,31+,32?,34+,35+,36+/m0/s1. The van der Waals surface area contributed by atoms with Gasteiger partial charge in [0.15, 0.2) is 11.7 Å². The molecule has 14 nitrogen and oxygen atoms in total. The molecule has 50 heavy (non-hydrogen) atoms. The number of carbonyl (C=O) groups excluding carboxylic acids is 6. The molecule has 10 atom stereocenters. The lowest BCUT2D eigenvalue weighted by molar-refractivity contribution is -0.253. The highest BCUT2D eigenvalue weighted by Gasteiger charge is 2.78. The molecule has 0 radical (unpaired) electrons. The van der Waals surface area contributed by atoms with Crippen LogP contribution in [-0.4, -0.2) is 95.9 Å². The van der Waals surface area contributed by atoms with E-state index >= 15 is 0 Å². The lowest BCUT2D eigenvalue weighted by atomic mass is 9.52. The Balaban J connectivity index is 2.06. The molecule has 1 saturated carbocycles. The summed E-state index contributed by atoms with van der Waals surface area (Å²) in [6, 6.07) is 0. The highest BCUT2D eigenvalue weighted by atomic mass is 16.6. The topological polar surface area (TPSA) is 191 Å². The van der Waals surface area contributed by atoms with Crippen LogP contribution < -0.4 is 0 Å². The first-order valence-corrected chi connectivity index (χ1v) is 17.1. The fourth-order valence-corrected chi connectivity index (χ4v) is 7.60. The molecule has 278 valence electrons. The number of aliphatic hydroxyl groups is 1. The van der Waals surface area contributed by atoms with Gasteiger partial charge in [-0.05, 0) is 36.5 Å². The first kappa shape index (κ1) is 39.0. The predicted octanol–water partition coefficient (Wildman–Crippen LogP) is 2.91. The van der Waals surface area contributed by atoms with E-state index in [4.69, 9.17) is 33.2 Å². The van der Waals surface area contributed by atoms with Crippen molar-refractivity contribution in [3.05, 3.63) is 23.8 Å². The van der Waals surface area contributed by atoms with Crippen molar-refractivity contribution in [3.8, 4) is 0 Å². The van der Waals surface area contributed by atoms with Crippen molar-refractivity contribution >= 4 is 35.8 Å². The van der Waals surface area contributed by atoms with Gasteiger partial charge in [-0.15, -0.1) is 0 Å². The van der Waals surface area contributed by atoms with Gasteiger partial charge in [-0.25, -0.2) is 0 Å². The van der Waals surface area contributed by atoms with Crippen molar-refractivity contribution in [1.82, 2.24) is 0 Å². The van der Waals surface area contributed by atoms with E-state index in [9.17, 15) is 33.9 Å². The SMILES string of the molecule is CC(=O)OCC1=C/[C@H]2OC(=O)[C@H](C)[C@]2(O)C(OC(C)=O)[C@H]2[C@@]3(CO3)[C@H](OC(=O)CC(C)C)C[C@H](OC(=O)CC(C)C)[C@@]2(C)[C@@H](OC(C)=O)\C=C\1. The number of fused-ring (bicyclic) bond motifs is 3. The fourth-order valence-electron chi connectivity index (χ4n) is 7.60. The van der Waals surface area contributed by atoms with Crippen LogP contribution in [0.4, 0.5) is 0 Å². The Kier molecular flexibility index (Phi) is 11.6. The van der Waals surface area contributed by atoms with E-state index in [-0.39, 0.29) is 49.9 Å². The van der Waals surface area contributed by atoms with Gasteiger partial charge in [0.2, 0.25) is 0 Å². The van der Waals surface area contributed by atoms with E-state index in [0.717, 1.165) is 6.92 Å².